The first-order chi connectivity index (χ1) is 16.3. The van der Waals surface area contributed by atoms with Crippen LogP contribution in [-0.4, -0.2) is 28.6 Å². The average molecular weight is 524 g/mol. The van der Waals surface area contributed by atoms with Gasteiger partial charge in [-0.2, -0.15) is 0 Å². The highest BCUT2D eigenvalue weighted by atomic mass is 35.5. The van der Waals surface area contributed by atoms with Gasteiger partial charge < -0.3 is 14.0 Å². The Labute approximate surface area is 218 Å². The van der Waals surface area contributed by atoms with Crippen LogP contribution in [0.4, 0.5) is 0 Å². The van der Waals surface area contributed by atoms with E-state index in [0.717, 1.165) is 39.7 Å². The lowest BCUT2D eigenvalue weighted by molar-refractivity contribution is -0.337. The molecule has 0 saturated heterocycles. The summed E-state index contributed by atoms with van der Waals surface area (Å²) in [6.45, 7) is 7.84. The van der Waals surface area contributed by atoms with E-state index in [4.69, 9.17) is 37.7 Å². The molecule has 0 spiro atoms. The molecule has 0 N–H and O–H groups in total. The summed E-state index contributed by atoms with van der Waals surface area (Å²) in [6.07, 6.45) is 7.30. The minimum absolute atomic E-state index is 0.317. The van der Waals surface area contributed by atoms with Gasteiger partial charge in [0.25, 0.3) is 0 Å². The van der Waals surface area contributed by atoms with E-state index in [-0.39, 0.29) is 5.79 Å². The van der Waals surface area contributed by atoms with E-state index in [1.54, 1.807) is 17.8 Å². The van der Waals surface area contributed by atoms with E-state index >= 15 is 0 Å². The smallest absolute Gasteiger partial charge is 0.173 e. The first kappa shape index (κ1) is 25.0. The molecule has 2 aromatic rings. The number of halogens is 2. The van der Waals surface area contributed by atoms with Crippen LogP contribution in [0.2, 0.25) is 10.0 Å². The Balaban J connectivity index is 1.33. The van der Waals surface area contributed by atoms with Gasteiger partial charge in [0.05, 0.1) is 12.3 Å². The van der Waals surface area contributed by atoms with Crippen LogP contribution < -0.4 is 0 Å². The summed E-state index contributed by atoms with van der Waals surface area (Å²) in [4.78, 5) is 6.07. The van der Waals surface area contributed by atoms with E-state index in [0.29, 0.717) is 41.0 Å². The molecule has 186 valence electrons. The molecule has 4 bridgehead atoms. The van der Waals surface area contributed by atoms with Crippen LogP contribution >= 0.6 is 35.0 Å². The van der Waals surface area contributed by atoms with E-state index in [9.17, 15) is 0 Å². The molecule has 0 radical (unpaired) electrons. The summed E-state index contributed by atoms with van der Waals surface area (Å²) in [5.41, 5.74) is 1.10. The topological polar surface area (TPSA) is 36.3 Å². The first-order valence-corrected chi connectivity index (χ1v) is 14.3. The van der Waals surface area contributed by atoms with Crippen LogP contribution in [0.1, 0.15) is 70.3 Å². The normalized spacial score (nSPS) is 30.0. The van der Waals surface area contributed by atoms with Gasteiger partial charge in [0, 0.05) is 46.9 Å². The predicted molar refractivity (Wildman–Crippen MR) is 139 cm³/mol. The van der Waals surface area contributed by atoms with Crippen molar-refractivity contribution in [2.75, 3.05) is 13.2 Å². The van der Waals surface area contributed by atoms with E-state index in [1.807, 2.05) is 12.1 Å². The fourth-order valence-electron chi connectivity index (χ4n) is 6.85. The molecule has 4 saturated carbocycles. The number of nitrogens with zero attached hydrogens (tertiary/aromatic N) is 2. The SMILES string of the molecule is CCOC1(OCCc2nc(C(C)C)c(Sc3cc(Cl)cc(Cl)c3)n2C)C2CC3CC(C2)CC1C3. The number of hydrogen-bond acceptors (Lipinski definition) is 4. The Kier molecular flexibility index (Phi) is 7.32. The Morgan fingerprint density at radius 2 is 1.65 bits per heavy atom. The number of rotatable bonds is 9. The molecule has 7 heteroatoms. The molecule has 4 nitrogen and oxygen atoms in total. The number of imidazole rings is 1. The lowest BCUT2D eigenvalue weighted by atomic mass is 9.53. The van der Waals surface area contributed by atoms with Gasteiger partial charge in [0.1, 0.15) is 10.9 Å². The van der Waals surface area contributed by atoms with Gasteiger partial charge in [-0.3, -0.25) is 0 Å². The van der Waals surface area contributed by atoms with Crippen LogP contribution in [-0.2, 0) is 22.9 Å². The monoisotopic (exact) mass is 522 g/mol. The highest BCUT2D eigenvalue weighted by molar-refractivity contribution is 7.99. The van der Waals surface area contributed by atoms with Gasteiger partial charge >= 0.3 is 0 Å². The third-order valence-corrected chi connectivity index (χ3v) is 9.64. The molecule has 1 heterocycles. The summed E-state index contributed by atoms with van der Waals surface area (Å²) in [7, 11) is 2.10. The van der Waals surface area contributed by atoms with Crippen LogP contribution in [0.25, 0.3) is 0 Å². The maximum absolute atomic E-state index is 6.75. The molecule has 0 unspecified atom stereocenters. The second kappa shape index (κ2) is 9.97. The fourth-order valence-corrected chi connectivity index (χ4v) is 8.73. The fraction of sp³-hybridized carbons (Fsp3) is 0.667. The zero-order chi connectivity index (χ0) is 24.0. The first-order valence-electron chi connectivity index (χ1n) is 12.8. The Morgan fingerprint density at radius 3 is 2.21 bits per heavy atom. The molecule has 0 aliphatic heterocycles. The second-order valence-electron chi connectivity index (χ2n) is 10.7. The van der Waals surface area contributed by atoms with Crippen molar-refractivity contribution in [1.82, 2.24) is 9.55 Å². The molecule has 0 amide bonds. The van der Waals surface area contributed by atoms with E-state index in [1.165, 1.54) is 32.1 Å². The van der Waals surface area contributed by atoms with Gasteiger partial charge in [-0.25, -0.2) is 4.98 Å². The summed E-state index contributed by atoms with van der Waals surface area (Å²) < 4.78 is 15.4. The summed E-state index contributed by atoms with van der Waals surface area (Å²) in [5.74, 6) is 3.87. The van der Waals surface area contributed by atoms with Crippen molar-refractivity contribution in [3.63, 3.8) is 0 Å². The largest absolute Gasteiger partial charge is 0.350 e. The number of benzene rings is 1. The number of ether oxygens (including phenoxy) is 2. The third-order valence-electron chi connectivity index (χ3n) is 8.06. The van der Waals surface area contributed by atoms with Crippen LogP contribution in [0.5, 0.6) is 0 Å². The zero-order valence-corrected chi connectivity index (χ0v) is 23.0. The van der Waals surface area contributed by atoms with Crippen molar-refractivity contribution >= 4 is 35.0 Å². The van der Waals surface area contributed by atoms with Crippen LogP contribution in [0.3, 0.4) is 0 Å². The van der Waals surface area contributed by atoms with Gasteiger partial charge in [0.2, 0.25) is 0 Å². The van der Waals surface area contributed by atoms with E-state index < -0.39 is 0 Å². The molecule has 4 aliphatic carbocycles. The zero-order valence-electron chi connectivity index (χ0n) is 20.7. The molecule has 4 fully saturated rings. The lowest BCUT2D eigenvalue weighted by Crippen LogP contribution is -2.60. The number of hydrogen-bond donors (Lipinski definition) is 0. The third kappa shape index (κ3) is 4.68. The van der Waals surface area contributed by atoms with Crippen molar-refractivity contribution in [3.8, 4) is 0 Å². The highest BCUT2D eigenvalue weighted by Crippen LogP contribution is 2.60. The molecule has 6 rings (SSSR count). The summed E-state index contributed by atoms with van der Waals surface area (Å²) in [5, 5.41) is 2.43. The van der Waals surface area contributed by atoms with Gasteiger partial charge in [-0.15, -0.1) is 0 Å². The average Bonchev–Trinajstić information content (AvgIpc) is 3.06. The van der Waals surface area contributed by atoms with Gasteiger partial charge in [-0.1, -0.05) is 48.8 Å². The van der Waals surface area contributed by atoms with Crippen LogP contribution in [0, 0.1) is 23.7 Å². The standard InChI is InChI=1S/C27H36Cl2N2O2S/c1-5-32-27(19-9-17-8-18(11-19)12-20(27)10-17)33-7-6-24-30-25(16(2)3)26(31(24)4)34-23-14-21(28)13-22(29)15-23/h13-20H,5-12H2,1-4H3. The maximum atomic E-state index is 6.75. The van der Waals surface area contributed by atoms with Crippen molar-refractivity contribution < 1.29 is 9.47 Å². The van der Waals surface area contributed by atoms with E-state index in [2.05, 4.69) is 32.4 Å². The van der Waals surface area contributed by atoms with Gasteiger partial charge in [0.15, 0.2) is 5.79 Å². The molecule has 1 aromatic heterocycles. The van der Waals surface area contributed by atoms with Crippen molar-refractivity contribution in [2.24, 2.45) is 30.7 Å². The minimum atomic E-state index is -0.386. The molecular weight excluding hydrogens is 487 g/mol. The lowest BCUT2D eigenvalue weighted by Gasteiger charge is -2.60. The van der Waals surface area contributed by atoms with Crippen LogP contribution in [0.15, 0.2) is 28.1 Å². The molecular formula is C27H36Cl2N2O2S. The quantitative estimate of drug-likeness (QED) is 0.315. The summed E-state index contributed by atoms with van der Waals surface area (Å²) >= 11 is 14.2. The van der Waals surface area contributed by atoms with Gasteiger partial charge in [-0.05, 0) is 75.0 Å². The Bertz CT molecular complexity index is 990. The van der Waals surface area contributed by atoms with Crippen molar-refractivity contribution in [3.05, 3.63) is 39.8 Å². The minimum Gasteiger partial charge on any atom is -0.350 e. The molecule has 4 aliphatic rings. The molecule has 0 atom stereocenters. The Hall–Kier alpha value is -0.720. The van der Waals surface area contributed by atoms with Crippen molar-refractivity contribution in [1.29, 1.82) is 0 Å². The Morgan fingerprint density at radius 1 is 1.03 bits per heavy atom. The predicted octanol–water partition coefficient (Wildman–Crippen LogP) is 7.75. The highest BCUT2D eigenvalue weighted by Gasteiger charge is 2.59. The summed E-state index contributed by atoms with van der Waals surface area (Å²) in [6, 6.07) is 5.67. The molecule has 34 heavy (non-hydrogen) atoms. The second-order valence-corrected chi connectivity index (χ2v) is 12.6. The van der Waals surface area contributed by atoms with Crippen molar-refractivity contribution in [2.45, 2.75) is 80.9 Å². The molecule has 1 aromatic carbocycles. The number of aromatic nitrogens is 2. The maximum Gasteiger partial charge on any atom is 0.173 e.